The summed E-state index contributed by atoms with van der Waals surface area (Å²) < 4.78 is 5.27. The second-order valence-electron chi connectivity index (χ2n) is 4.88. The molecule has 0 saturated carbocycles. The quantitative estimate of drug-likeness (QED) is 0.762. The number of ether oxygens (including phenoxy) is 1. The van der Waals surface area contributed by atoms with E-state index in [1.54, 1.807) is 5.38 Å². The van der Waals surface area contributed by atoms with E-state index in [2.05, 4.69) is 15.5 Å². The lowest BCUT2D eigenvalue weighted by Crippen LogP contribution is -2.47. The normalized spacial score (nSPS) is 17.2. The molecule has 0 aromatic carbocycles. The zero-order valence-electron chi connectivity index (χ0n) is 11.8. The minimum atomic E-state index is -1.05. The van der Waals surface area contributed by atoms with Gasteiger partial charge in [0, 0.05) is 25.7 Å². The van der Waals surface area contributed by atoms with Crippen LogP contribution < -0.4 is 10.6 Å². The van der Waals surface area contributed by atoms with Crippen molar-refractivity contribution in [1.29, 1.82) is 0 Å². The van der Waals surface area contributed by atoms with Crippen LogP contribution in [-0.4, -0.2) is 60.9 Å². The van der Waals surface area contributed by atoms with Crippen LogP contribution in [0.3, 0.4) is 0 Å². The van der Waals surface area contributed by atoms with E-state index < -0.39 is 5.97 Å². The van der Waals surface area contributed by atoms with Gasteiger partial charge in [0.05, 0.1) is 18.8 Å². The molecule has 1 fully saturated rings. The van der Waals surface area contributed by atoms with Crippen molar-refractivity contribution in [3.63, 3.8) is 0 Å². The van der Waals surface area contributed by atoms with E-state index in [-0.39, 0.29) is 17.6 Å². The van der Waals surface area contributed by atoms with Crippen LogP contribution in [0.15, 0.2) is 11.4 Å². The molecule has 0 aliphatic carbocycles. The molecule has 1 aliphatic heterocycles. The number of carboxylic acid groups (broad SMARTS) is 1. The Morgan fingerprint density at radius 3 is 2.86 bits per heavy atom. The summed E-state index contributed by atoms with van der Waals surface area (Å²) in [7, 11) is 0. The largest absolute Gasteiger partial charge is 0.478 e. The molecule has 0 spiro atoms. The Morgan fingerprint density at radius 1 is 1.48 bits per heavy atom. The molecule has 1 aromatic heterocycles. The van der Waals surface area contributed by atoms with Crippen LogP contribution in [-0.2, 0) is 4.74 Å². The number of anilines is 1. The van der Waals surface area contributed by atoms with Crippen molar-refractivity contribution in [2.45, 2.75) is 13.0 Å². The number of hydrogen-bond donors (Lipinski definition) is 3. The number of urea groups is 1. The maximum atomic E-state index is 11.9. The zero-order chi connectivity index (χ0) is 15.2. The number of aromatic carboxylic acids is 1. The van der Waals surface area contributed by atoms with Crippen LogP contribution >= 0.6 is 11.3 Å². The Balaban J connectivity index is 1.80. The number of carbonyl (C=O) groups excluding carboxylic acids is 1. The van der Waals surface area contributed by atoms with Gasteiger partial charge in [-0.1, -0.05) is 0 Å². The molecule has 2 heterocycles. The molecule has 2 rings (SSSR count). The summed E-state index contributed by atoms with van der Waals surface area (Å²) >= 11 is 1.19. The summed E-state index contributed by atoms with van der Waals surface area (Å²) in [4.78, 5) is 25.1. The SMILES string of the molecule is CC(CN1CCOCC1)NC(=O)Nc1sccc1C(=O)O. The Kier molecular flexibility index (Phi) is 5.54. The fourth-order valence-electron chi connectivity index (χ4n) is 2.15. The average Bonchev–Trinajstić information content (AvgIpc) is 2.87. The van der Waals surface area contributed by atoms with Crippen molar-refractivity contribution in [3.05, 3.63) is 17.0 Å². The first-order chi connectivity index (χ1) is 10.1. The standard InChI is InChI=1S/C13H19N3O4S/c1-9(8-16-3-5-20-6-4-16)14-13(19)15-11-10(12(17)18)2-7-21-11/h2,7,9H,3-6,8H2,1H3,(H,17,18)(H2,14,15,19). The van der Waals surface area contributed by atoms with E-state index in [1.165, 1.54) is 17.4 Å². The summed E-state index contributed by atoms with van der Waals surface area (Å²) in [5, 5.41) is 16.4. The molecule has 3 N–H and O–H groups in total. The van der Waals surface area contributed by atoms with Gasteiger partial charge < -0.3 is 15.2 Å². The number of rotatable bonds is 5. The first kappa shape index (κ1) is 15.7. The van der Waals surface area contributed by atoms with Crippen molar-refractivity contribution >= 4 is 28.3 Å². The van der Waals surface area contributed by atoms with E-state index in [4.69, 9.17) is 9.84 Å². The van der Waals surface area contributed by atoms with Gasteiger partial charge in [0.25, 0.3) is 0 Å². The molecule has 1 atom stereocenters. The smallest absolute Gasteiger partial charge is 0.338 e. The van der Waals surface area contributed by atoms with E-state index in [1.807, 2.05) is 6.92 Å². The lowest BCUT2D eigenvalue weighted by atomic mass is 10.3. The van der Waals surface area contributed by atoms with E-state index in [9.17, 15) is 9.59 Å². The van der Waals surface area contributed by atoms with Crippen molar-refractivity contribution in [2.75, 3.05) is 38.2 Å². The summed E-state index contributed by atoms with van der Waals surface area (Å²) in [5.41, 5.74) is 0.107. The molecule has 0 bridgehead atoms. The summed E-state index contributed by atoms with van der Waals surface area (Å²) in [6.07, 6.45) is 0. The number of nitrogens with zero attached hydrogens (tertiary/aromatic N) is 1. The Morgan fingerprint density at radius 2 is 2.19 bits per heavy atom. The van der Waals surface area contributed by atoms with Gasteiger partial charge in [-0.15, -0.1) is 11.3 Å². The fourth-order valence-corrected chi connectivity index (χ4v) is 2.93. The third-order valence-electron chi connectivity index (χ3n) is 3.14. The first-order valence-electron chi connectivity index (χ1n) is 6.74. The maximum Gasteiger partial charge on any atom is 0.338 e. The van der Waals surface area contributed by atoms with Gasteiger partial charge in [0.15, 0.2) is 0 Å². The third kappa shape index (κ3) is 4.69. The van der Waals surface area contributed by atoms with Crippen LogP contribution in [0.25, 0.3) is 0 Å². The van der Waals surface area contributed by atoms with Gasteiger partial charge in [-0.25, -0.2) is 9.59 Å². The van der Waals surface area contributed by atoms with Crippen molar-refractivity contribution in [2.24, 2.45) is 0 Å². The van der Waals surface area contributed by atoms with Gasteiger partial charge in [-0.3, -0.25) is 10.2 Å². The highest BCUT2D eigenvalue weighted by molar-refractivity contribution is 7.14. The van der Waals surface area contributed by atoms with Gasteiger partial charge in [-0.2, -0.15) is 0 Å². The number of thiophene rings is 1. The number of nitrogens with one attached hydrogen (secondary N) is 2. The van der Waals surface area contributed by atoms with Crippen molar-refractivity contribution in [3.8, 4) is 0 Å². The Hall–Kier alpha value is -1.64. The molecule has 1 aromatic rings. The lowest BCUT2D eigenvalue weighted by molar-refractivity contribution is 0.0350. The molecule has 8 heteroatoms. The molecule has 7 nitrogen and oxygen atoms in total. The molecule has 1 aliphatic rings. The topological polar surface area (TPSA) is 90.9 Å². The second-order valence-corrected chi connectivity index (χ2v) is 5.80. The van der Waals surface area contributed by atoms with Crippen LogP contribution in [0.4, 0.5) is 9.80 Å². The number of amides is 2. The Labute approximate surface area is 126 Å². The van der Waals surface area contributed by atoms with Crippen LogP contribution in [0.1, 0.15) is 17.3 Å². The monoisotopic (exact) mass is 313 g/mol. The van der Waals surface area contributed by atoms with Gasteiger partial charge in [-0.05, 0) is 18.4 Å². The third-order valence-corrected chi connectivity index (χ3v) is 3.97. The second kappa shape index (κ2) is 7.39. The van der Waals surface area contributed by atoms with Crippen molar-refractivity contribution in [1.82, 2.24) is 10.2 Å². The van der Waals surface area contributed by atoms with Crippen molar-refractivity contribution < 1.29 is 19.4 Å². The molecule has 116 valence electrons. The minimum Gasteiger partial charge on any atom is -0.478 e. The first-order valence-corrected chi connectivity index (χ1v) is 7.62. The van der Waals surface area contributed by atoms with Crippen LogP contribution in [0.2, 0.25) is 0 Å². The highest BCUT2D eigenvalue weighted by Crippen LogP contribution is 2.22. The molecular weight excluding hydrogens is 294 g/mol. The molecule has 21 heavy (non-hydrogen) atoms. The maximum absolute atomic E-state index is 11.9. The molecular formula is C13H19N3O4S. The predicted octanol–water partition coefficient (Wildman–Crippen LogP) is 1.29. The summed E-state index contributed by atoms with van der Waals surface area (Å²) in [6, 6.07) is 1.05. The molecule has 0 radical (unpaired) electrons. The average molecular weight is 313 g/mol. The van der Waals surface area contributed by atoms with Crippen LogP contribution in [0.5, 0.6) is 0 Å². The van der Waals surface area contributed by atoms with E-state index >= 15 is 0 Å². The number of morpholine rings is 1. The minimum absolute atomic E-state index is 0.0312. The summed E-state index contributed by atoms with van der Waals surface area (Å²) in [6.45, 7) is 5.82. The highest BCUT2D eigenvalue weighted by Gasteiger charge is 2.17. The predicted molar refractivity (Wildman–Crippen MR) is 80.2 cm³/mol. The molecule has 1 unspecified atom stereocenters. The van der Waals surface area contributed by atoms with Gasteiger partial charge in [0.2, 0.25) is 0 Å². The Bertz CT molecular complexity index is 499. The fraction of sp³-hybridized carbons (Fsp3) is 0.538. The van der Waals surface area contributed by atoms with Gasteiger partial charge >= 0.3 is 12.0 Å². The van der Waals surface area contributed by atoms with E-state index in [0.717, 1.165) is 32.8 Å². The molecule has 2 amide bonds. The summed E-state index contributed by atoms with van der Waals surface area (Å²) in [5.74, 6) is -1.05. The number of hydrogen-bond acceptors (Lipinski definition) is 5. The number of carbonyl (C=O) groups is 2. The number of carboxylic acids is 1. The lowest BCUT2D eigenvalue weighted by Gasteiger charge is -2.29. The zero-order valence-corrected chi connectivity index (χ0v) is 12.6. The molecule has 1 saturated heterocycles. The van der Waals surface area contributed by atoms with Gasteiger partial charge in [0.1, 0.15) is 5.00 Å². The van der Waals surface area contributed by atoms with E-state index in [0.29, 0.717) is 5.00 Å². The van der Waals surface area contributed by atoms with Crippen LogP contribution in [0, 0.1) is 0 Å². The highest BCUT2D eigenvalue weighted by atomic mass is 32.1.